The Morgan fingerprint density at radius 1 is 0.806 bits per heavy atom. The van der Waals surface area contributed by atoms with Crippen LogP contribution in [-0.4, -0.2) is 104 Å². The molecule has 0 saturated carbocycles. The fourth-order valence-electron chi connectivity index (χ4n) is 4.07. The lowest BCUT2D eigenvalue weighted by Crippen LogP contribution is -2.46. The zero-order valence-electron chi connectivity index (χ0n) is 23.0. The quantitative estimate of drug-likeness (QED) is 0.103. The molecule has 0 fully saturated rings. The molecule has 0 aliphatic carbocycles. The zero-order valence-corrected chi connectivity index (χ0v) is 23.0. The standard InChI is InChI=1S/C26H51N5O5/c1-6-10-22(7-2)15-28-25(34)19-31(20-26(35)36)14-13-30(17-21(4)32)18-24(33)29-16-23(8-3)11-9-12-27-5/h22-23,27,32H,4,6-20H2,1-3,5H3,(H,28,34)(H,29,33)(H,35,36). The highest BCUT2D eigenvalue weighted by Gasteiger charge is 2.19. The van der Waals surface area contributed by atoms with Crippen LogP contribution in [0.4, 0.5) is 0 Å². The van der Waals surface area contributed by atoms with Crippen molar-refractivity contribution in [2.75, 3.05) is 66.0 Å². The summed E-state index contributed by atoms with van der Waals surface area (Å²) >= 11 is 0. The molecule has 2 atom stereocenters. The molecule has 0 radical (unpaired) electrons. The van der Waals surface area contributed by atoms with Gasteiger partial charge in [-0.3, -0.25) is 24.2 Å². The van der Waals surface area contributed by atoms with Gasteiger partial charge >= 0.3 is 5.97 Å². The van der Waals surface area contributed by atoms with Crippen molar-refractivity contribution in [2.24, 2.45) is 11.8 Å². The van der Waals surface area contributed by atoms with Gasteiger partial charge in [0.1, 0.15) is 0 Å². The summed E-state index contributed by atoms with van der Waals surface area (Å²) in [6, 6.07) is 0. The van der Waals surface area contributed by atoms with Crippen molar-refractivity contribution >= 4 is 17.8 Å². The van der Waals surface area contributed by atoms with E-state index >= 15 is 0 Å². The van der Waals surface area contributed by atoms with E-state index in [2.05, 4.69) is 43.3 Å². The average Bonchev–Trinajstić information content (AvgIpc) is 2.81. The molecule has 0 saturated heterocycles. The maximum atomic E-state index is 12.6. The summed E-state index contributed by atoms with van der Waals surface area (Å²) in [5.41, 5.74) is 0. The van der Waals surface area contributed by atoms with Gasteiger partial charge in [0.2, 0.25) is 11.8 Å². The van der Waals surface area contributed by atoms with Crippen LogP contribution < -0.4 is 16.0 Å². The molecular formula is C26H51N5O5. The zero-order chi connectivity index (χ0) is 27.3. The van der Waals surface area contributed by atoms with Gasteiger partial charge in [-0.2, -0.15) is 0 Å². The number of aliphatic carboxylic acids is 1. The molecular weight excluding hydrogens is 462 g/mol. The van der Waals surface area contributed by atoms with Crippen LogP contribution in [0, 0.1) is 11.8 Å². The number of hydrogen-bond donors (Lipinski definition) is 5. The normalized spacial score (nSPS) is 12.9. The van der Waals surface area contributed by atoms with E-state index in [-0.39, 0.29) is 50.3 Å². The van der Waals surface area contributed by atoms with E-state index < -0.39 is 5.97 Å². The van der Waals surface area contributed by atoms with E-state index in [9.17, 15) is 24.6 Å². The van der Waals surface area contributed by atoms with Crippen molar-refractivity contribution in [1.82, 2.24) is 25.8 Å². The molecule has 2 unspecified atom stereocenters. The fourth-order valence-corrected chi connectivity index (χ4v) is 4.07. The van der Waals surface area contributed by atoms with E-state index in [4.69, 9.17) is 0 Å². The van der Waals surface area contributed by atoms with Crippen molar-refractivity contribution in [2.45, 2.75) is 59.3 Å². The summed E-state index contributed by atoms with van der Waals surface area (Å²) in [4.78, 5) is 39.6. The summed E-state index contributed by atoms with van der Waals surface area (Å²) in [7, 11) is 1.92. The molecule has 5 N–H and O–H groups in total. The van der Waals surface area contributed by atoms with Gasteiger partial charge in [0.25, 0.3) is 0 Å². The van der Waals surface area contributed by atoms with E-state index in [1.165, 1.54) is 0 Å². The Kier molecular flexibility index (Phi) is 19.7. The predicted molar refractivity (Wildman–Crippen MR) is 144 cm³/mol. The van der Waals surface area contributed by atoms with Gasteiger partial charge in [0.05, 0.1) is 31.9 Å². The fraction of sp³-hybridized carbons (Fsp3) is 0.808. The van der Waals surface area contributed by atoms with Crippen molar-refractivity contribution in [3.8, 4) is 0 Å². The lowest BCUT2D eigenvalue weighted by atomic mass is 10.0. The number of nitrogens with one attached hydrogen (secondary N) is 3. The average molecular weight is 514 g/mol. The molecule has 0 heterocycles. The Morgan fingerprint density at radius 2 is 1.31 bits per heavy atom. The first-order valence-corrected chi connectivity index (χ1v) is 13.4. The number of rotatable bonds is 23. The van der Waals surface area contributed by atoms with E-state index in [0.717, 1.165) is 45.1 Å². The van der Waals surface area contributed by atoms with Crippen LogP contribution >= 0.6 is 0 Å². The Hall–Kier alpha value is -2.17. The number of aliphatic hydroxyl groups is 1. The van der Waals surface area contributed by atoms with Crippen molar-refractivity contribution in [3.05, 3.63) is 12.3 Å². The van der Waals surface area contributed by atoms with Crippen LogP contribution in [0.2, 0.25) is 0 Å². The monoisotopic (exact) mass is 513 g/mol. The number of hydrogen-bond acceptors (Lipinski definition) is 7. The van der Waals surface area contributed by atoms with Gasteiger partial charge in [-0.1, -0.05) is 46.6 Å². The Labute approximate surface area is 217 Å². The number of carbonyl (C=O) groups is 3. The van der Waals surface area contributed by atoms with Gasteiger partial charge in [-0.15, -0.1) is 0 Å². The van der Waals surface area contributed by atoms with E-state index in [0.29, 0.717) is 31.5 Å². The van der Waals surface area contributed by atoms with Crippen LogP contribution in [0.15, 0.2) is 12.3 Å². The van der Waals surface area contributed by atoms with Gasteiger partial charge in [0.15, 0.2) is 0 Å². The Balaban J connectivity index is 4.85. The third-order valence-corrected chi connectivity index (χ3v) is 6.30. The molecule has 0 aromatic rings. The predicted octanol–water partition coefficient (Wildman–Crippen LogP) is 1.83. The Morgan fingerprint density at radius 3 is 1.72 bits per heavy atom. The number of amides is 2. The second kappa shape index (κ2) is 21.0. The topological polar surface area (TPSA) is 134 Å². The van der Waals surface area contributed by atoms with Crippen molar-refractivity contribution < 1.29 is 24.6 Å². The van der Waals surface area contributed by atoms with Gasteiger partial charge < -0.3 is 26.2 Å². The first kappa shape index (κ1) is 33.8. The summed E-state index contributed by atoms with van der Waals surface area (Å²) in [5.74, 6) is -0.673. The molecule has 36 heavy (non-hydrogen) atoms. The smallest absolute Gasteiger partial charge is 0.317 e. The minimum Gasteiger partial charge on any atom is -0.512 e. The largest absolute Gasteiger partial charge is 0.512 e. The minimum absolute atomic E-state index is 0.0419. The highest BCUT2D eigenvalue weighted by Crippen LogP contribution is 2.10. The van der Waals surface area contributed by atoms with E-state index in [1.54, 1.807) is 9.80 Å². The molecule has 10 heteroatoms. The molecule has 0 aliphatic rings. The van der Waals surface area contributed by atoms with Crippen molar-refractivity contribution in [1.29, 1.82) is 0 Å². The molecule has 2 amide bonds. The first-order valence-electron chi connectivity index (χ1n) is 13.4. The first-order chi connectivity index (χ1) is 17.1. The number of aliphatic hydroxyl groups excluding tert-OH is 1. The third kappa shape index (κ3) is 18.1. The molecule has 0 bridgehead atoms. The number of nitrogens with zero attached hydrogens (tertiary/aromatic N) is 2. The molecule has 210 valence electrons. The third-order valence-electron chi connectivity index (χ3n) is 6.30. The molecule has 10 nitrogen and oxygen atoms in total. The van der Waals surface area contributed by atoms with Gasteiger partial charge in [-0.05, 0) is 44.7 Å². The Bertz CT molecular complexity index is 646. The SMILES string of the molecule is C=C(O)CN(CCN(CC(=O)O)CC(=O)NCC(CC)CCC)CC(=O)NCC(CC)CCCNC. The lowest BCUT2D eigenvalue weighted by Gasteiger charge is -2.26. The van der Waals surface area contributed by atoms with Crippen LogP contribution in [0.25, 0.3) is 0 Å². The molecule has 0 aromatic carbocycles. The van der Waals surface area contributed by atoms with Crippen molar-refractivity contribution in [3.63, 3.8) is 0 Å². The minimum atomic E-state index is -1.03. The van der Waals surface area contributed by atoms with E-state index in [1.807, 2.05) is 7.05 Å². The summed E-state index contributed by atoms with van der Waals surface area (Å²) in [6.45, 7) is 12.3. The maximum absolute atomic E-state index is 12.6. The maximum Gasteiger partial charge on any atom is 0.317 e. The van der Waals surface area contributed by atoms with Crippen LogP contribution in [-0.2, 0) is 14.4 Å². The molecule has 0 spiro atoms. The van der Waals surface area contributed by atoms with Gasteiger partial charge in [-0.25, -0.2) is 0 Å². The number of carbonyl (C=O) groups excluding carboxylic acids is 2. The second-order valence-electron chi connectivity index (χ2n) is 9.57. The molecule has 0 aromatic heterocycles. The number of carboxylic acids is 1. The van der Waals surface area contributed by atoms with Crippen LogP contribution in [0.1, 0.15) is 59.3 Å². The highest BCUT2D eigenvalue weighted by molar-refractivity contribution is 5.79. The summed E-state index contributed by atoms with van der Waals surface area (Å²) in [6.07, 6.45) is 6.11. The summed E-state index contributed by atoms with van der Waals surface area (Å²) < 4.78 is 0. The van der Waals surface area contributed by atoms with Crippen LogP contribution in [0.3, 0.4) is 0 Å². The molecule has 0 rings (SSSR count). The number of carboxylic acid groups (broad SMARTS) is 1. The summed E-state index contributed by atoms with van der Waals surface area (Å²) in [5, 5.41) is 28.0. The van der Waals surface area contributed by atoms with Gasteiger partial charge in [0, 0.05) is 26.2 Å². The van der Waals surface area contributed by atoms with Crippen LogP contribution in [0.5, 0.6) is 0 Å². The second-order valence-corrected chi connectivity index (χ2v) is 9.57. The lowest BCUT2D eigenvalue weighted by molar-refractivity contribution is -0.139. The molecule has 0 aliphatic heterocycles. The highest BCUT2D eigenvalue weighted by atomic mass is 16.4.